The second kappa shape index (κ2) is 11.2. The number of hydrogen-bond donors (Lipinski definition) is 1. The van der Waals surface area contributed by atoms with Crippen LogP contribution in [0.25, 0.3) is 0 Å². The molecular weight excluding hydrogens is 420 g/mol. The largest absolute Gasteiger partial charge is 0.493 e. The van der Waals surface area contributed by atoms with E-state index in [0.717, 1.165) is 25.7 Å². The second-order valence-corrected chi connectivity index (χ2v) is 9.88. The molecule has 3 aliphatic rings. The monoisotopic (exact) mass is 458 g/mol. The van der Waals surface area contributed by atoms with Crippen molar-refractivity contribution in [3.8, 4) is 0 Å². The molecule has 0 spiro atoms. The summed E-state index contributed by atoms with van der Waals surface area (Å²) >= 11 is 0. The number of anilines is 1. The lowest BCUT2D eigenvalue weighted by atomic mass is 9.96. The first-order chi connectivity index (χ1) is 16.0. The molecule has 8 nitrogen and oxygen atoms in total. The Hall–Kier alpha value is -2.35. The van der Waals surface area contributed by atoms with Gasteiger partial charge in [-0.2, -0.15) is 5.10 Å². The van der Waals surface area contributed by atoms with Crippen LogP contribution < -0.4 is 5.32 Å². The van der Waals surface area contributed by atoms with Gasteiger partial charge < -0.3 is 19.7 Å². The molecule has 2 heterocycles. The average Bonchev–Trinajstić information content (AvgIpc) is 3.56. The zero-order valence-electron chi connectivity index (χ0n) is 20.0. The number of rotatable bonds is 11. The van der Waals surface area contributed by atoms with E-state index in [2.05, 4.69) is 10.4 Å². The molecule has 0 bridgehead atoms. The SMILES string of the molecule is CC(C)OCCn1ccc(NC(=O)[C@H](CC2CCCC2)N2CC(OC3CCCC3)=CC2=O)n1. The van der Waals surface area contributed by atoms with Crippen LogP contribution in [0, 0.1) is 5.92 Å². The summed E-state index contributed by atoms with van der Waals surface area (Å²) in [4.78, 5) is 27.9. The Morgan fingerprint density at radius 2 is 1.91 bits per heavy atom. The van der Waals surface area contributed by atoms with E-state index in [-0.39, 0.29) is 24.0 Å². The molecule has 1 aromatic rings. The second-order valence-electron chi connectivity index (χ2n) is 9.88. The van der Waals surface area contributed by atoms with E-state index in [4.69, 9.17) is 9.47 Å². The Labute approximate surface area is 196 Å². The summed E-state index contributed by atoms with van der Waals surface area (Å²) in [5.41, 5.74) is 0. The fraction of sp³-hybridized carbons (Fsp3) is 0.720. The Bertz CT molecular complexity index is 837. The molecule has 182 valence electrons. The summed E-state index contributed by atoms with van der Waals surface area (Å²) in [6, 6.07) is 1.27. The van der Waals surface area contributed by atoms with Crippen molar-refractivity contribution in [2.24, 2.45) is 5.92 Å². The summed E-state index contributed by atoms with van der Waals surface area (Å²) < 4.78 is 13.4. The van der Waals surface area contributed by atoms with Crippen LogP contribution in [0.2, 0.25) is 0 Å². The van der Waals surface area contributed by atoms with Crippen LogP contribution in [0.4, 0.5) is 5.82 Å². The molecule has 2 amide bonds. The predicted molar refractivity (Wildman–Crippen MR) is 125 cm³/mol. The maximum atomic E-state index is 13.4. The summed E-state index contributed by atoms with van der Waals surface area (Å²) in [7, 11) is 0. The molecule has 1 atom stereocenters. The highest BCUT2D eigenvalue weighted by molar-refractivity contribution is 5.99. The molecule has 1 N–H and O–H groups in total. The zero-order chi connectivity index (χ0) is 23.2. The molecule has 0 saturated heterocycles. The first-order valence-electron chi connectivity index (χ1n) is 12.6. The van der Waals surface area contributed by atoms with E-state index in [9.17, 15) is 9.59 Å². The van der Waals surface area contributed by atoms with Gasteiger partial charge in [0.1, 0.15) is 11.8 Å². The van der Waals surface area contributed by atoms with Crippen molar-refractivity contribution >= 4 is 17.6 Å². The minimum Gasteiger partial charge on any atom is -0.493 e. The minimum atomic E-state index is -0.518. The maximum Gasteiger partial charge on any atom is 0.251 e. The average molecular weight is 459 g/mol. The first-order valence-corrected chi connectivity index (χ1v) is 12.6. The number of aromatic nitrogens is 2. The minimum absolute atomic E-state index is 0.127. The third-order valence-corrected chi connectivity index (χ3v) is 6.89. The van der Waals surface area contributed by atoms with Crippen molar-refractivity contribution in [2.45, 2.75) is 96.4 Å². The topological polar surface area (TPSA) is 85.7 Å². The van der Waals surface area contributed by atoms with Crippen molar-refractivity contribution in [3.63, 3.8) is 0 Å². The lowest BCUT2D eigenvalue weighted by Crippen LogP contribution is -2.46. The highest BCUT2D eigenvalue weighted by Gasteiger charge is 2.37. The number of amides is 2. The highest BCUT2D eigenvalue weighted by atomic mass is 16.5. The Kier molecular flexibility index (Phi) is 8.06. The van der Waals surface area contributed by atoms with Gasteiger partial charge in [-0.15, -0.1) is 0 Å². The number of ether oxygens (including phenoxy) is 2. The van der Waals surface area contributed by atoms with Gasteiger partial charge in [-0.05, 0) is 51.9 Å². The highest BCUT2D eigenvalue weighted by Crippen LogP contribution is 2.32. The van der Waals surface area contributed by atoms with Crippen molar-refractivity contribution in [3.05, 3.63) is 24.1 Å². The molecule has 4 rings (SSSR count). The van der Waals surface area contributed by atoms with Gasteiger partial charge >= 0.3 is 0 Å². The molecular formula is C25H38N4O4. The van der Waals surface area contributed by atoms with Crippen LogP contribution >= 0.6 is 0 Å². The van der Waals surface area contributed by atoms with Gasteiger partial charge in [-0.3, -0.25) is 14.3 Å². The third kappa shape index (κ3) is 6.59. The van der Waals surface area contributed by atoms with Crippen molar-refractivity contribution in [1.82, 2.24) is 14.7 Å². The lowest BCUT2D eigenvalue weighted by Gasteiger charge is -2.29. The van der Waals surface area contributed by atoms with E-state index in [1.807, 2.05) is 20.0 Å². The number of hydrogen-bond acceptors (Lipinski definition) is 5. The Morgan fingerprint density at radius 1 is 1.18 bits per heavy atom. The number of carbonyl (C=O) groups excluding carboxylic acids is 2. The quantitative estimate of drug-likeness (QED) is 0.544. The molecule has 1 aliphatic heterocycles. The summed E-state index contributed by atoms with van der Waals surface area (Å²) in [6.45, 7) is 5.56. The van der Waals surface area contributed by atoms with E-state index in [1.165, 1.54) is 25.7 Å². The van der Waals surface area contributed by atoms with Gasteiger partial charge in [0.15, 0.2) is 5.82 Å². The lowest BCUT2D eigenvalue weighted by molar-refractivity contribution is -0.134. The van der Waals surface area contributed by atoms with E-state index < -0.39 is 6.04 Å². The molecule has 8 heteroatoms. The Morgan fingerprint density at radius 3 is 2.64 bits per heavy atom. The van der Waals surface area contributed by atoms with Crippen LogP contribution in [0.15, 0.2) is 24.1 Å². The first kappa shape index (κ1) is 23.8. The van der Waals surface area contributed by atoms with Crippen molar-refractivity contribution < 1.29 is 19.1 Å². The molecule has 0 radical (unpaired) electrons. The molecule has 1 aromatic heterocycles. The number of carbonyl (C=O) groups is 2. The summed E-state index contributed by atoms with van der Waals surface area (Å²) in [5.74, 6) is 1.37. The predicted octanol–water partition coefficient (Wildman–Crippen LogP) is 3.88. The Balaban J connectivity index is 1.38. The van der Waals surface area contributed by atoms with Gasteiger partial charge in [-0.25, -0.2) is 0 Å². The standard InChI is InChI=1S/C25H38N4O4/c1-18(2)32-14-13-28-12-11-23(27-28)26-25(31)22(15-19-7-3-4-8-19)29-17-21(16-24(29)30)33-20-9-5-6-10-20/h11-12,16,18-20,22H,3-10,13-15,17H2,1-2H3,(H,26,27,31)/t22-/m0/s1. The number of nitrogens with one attached hydrogen (secondary N) is 1. The molecule has 2 aliphatic carbocycles. The fourth-order valence-corrected chi connectivity index (χ4v) is 5.15. The fourth-order valence-electron chi connectivity index (χ4n) is 5.15. The molecule has 2 fully saturated rings. The van der Waals surface area contributed by atoms with Crippen LogP contribution in [0.5, 0.6) is 0 Å². The van der Waals surface area contributed by atoms with Crippen LogP contribution in [0.1, 0.15) is 71.6 Å². The van der Waals surface area contributed by atoms with Crippen molar-refractivity contribution in [1.29, 1.82) is 0 Å². The summed E-state index contributed by atoms with van der Waals surface area (Å²) in [5, 5.41) is 7.41. The summed E-state index contributed by atoms with van der Waals surface area (Å²) in [6.07, 6.45) is 13.6. The van der Waals surface area contributed by atoms with Crippen LogP contribution in [0.3, 0.4) is 0 Å². The van der Waals surface area contributed by atoms with Crippen molar-refractivity contribution in [2.75, 3.05) is 18.5 Å². The van der Waals surface area contributed by atoms with Gasteiger partial charge in [0.2, 0.25) is 5.91 Å². The third-order valence-electron chi connectivity index (χ3n) is 6.89. The van der Waals surface area contributed by atoms with Crippen LogP contribution in [-0.2, 0) is 25.6 Å². The van der Waals surface area contributed by atoms with Gasteiger partial charge in [0.25, 0.3) is 5.91 Å². The van der Waals surface area contributed by atoms with E-state index in [0.29, 0.717) is 43.6 Å². The van der Waals surface area contributed by atoms with Gasteiger partial charge in [-0.1, -0.05) is 25.7 Å². The van der Waals surface area contributed by atoms with Crippen LogP contribution in [-0.4, -0.2) is 57.9 Å². The molecule has 0 unspecified atom stereocenters. The smallest absolute Gasteiger partial charge is 0.251 e. The van der Waals surface area contributed by atoms with E-state index >= 15 is 0 Å². The number of nitrogens with zero attached hydrogens (tertiary/aromatic N) is 3. The zero-order valence-corrected chi connectivity index (χ0v) is 20.0. The molecule has 2 saturated carbocycles. The van der Waals surface area contributed by atoms with E-state index in [1.54, 1.807) is 21.7 Å². The molecule has 33 heavy (non-hydrogen) atoms. The normalized spacial score (nSPS) is 20.6. The maximum absolute atomic E-state index is 13.4. The van der Waals surface area contributed by atoms with Gasteiger partial charge in [0, 0.05) is 18.3 Å². The molecule has 0 aromatic carbocycles. The van der Waals surface area contributed by atoms with Gasteiger partial charge in [0.05, 0.1) is 31.9 Å².